The van der Waals surface area contributed by atoms with Crippen LogP contribution < -0.4 is 0 Å². The van der Waals surface area contributed by atoms with E-state index < -0.39 is 0 Å². The van der Waals surface area contributed by atoms with Crippen LogP contribution in [0.3, 0.4) is 0 Å². The molecular formula is C8H16MgO. The smallest absolute Gasteiger partial charge is 0.343 e. The Kier molecular flexibility index (Phi) is 38.1. The predicted octanol–water partition coefficient (Wildman–Crippen LogP) is 2.04. The summed E-state index contributed by atoms with van der Waals surface area (Å²) in [6.45, 7) is 8.73. The van der Waals surface area contributed by atoms with Crippen LogP contribution in [-0.2, 0) is 4.79 Å². The summed E-state index contributed by atoms with van der Waals surface area (Å²) in [6, 6.07) is 0. The van der Waals surface area contributed by atoms with Crippen molar-refractivity contribution in [3.8, 4) is 0 Å². The molecule has 0 saturated carbocycles. The number of hydrogen-bond acceptors (Lipinski definition) is 1. The van der Waals surface area contributed by atoms with Crippen LogP contribution in [0.2, 0.25) is 0 Å². The summed E-state index contributed by atoms with van der Waals surface area (Å²) in [4.78, 5) is 8.69. The van der Waals surface area contributed by atoms with Gasteiger partial charge in [0.05, 0.1) is 0 Å². The van der Waals surface area contributed by atoms with Gasteiger partial charge in [0.1, 0.15) is 0 Å². The van der Waals surface area contributed by atoms with Gasteiger partial charge in [-0.2, -0.15) is 6.42 Å². The molecule has 0 fully saturated rings. The molecule has 0 aromatic carbocycles. The van der Waals surface area contributed by atoms with Crippen molar-refractivity contribution in [1.29, 1.82) is 0 Å². The van der Waals surface area contributed by atoms with E-state index in [9.17, 15) is 0 Å². The van der Waals surface area contributed by atoms with Crippen molar-refractivity contribution < 1.29 is 4.79 Å². The van der Waals surface area contributed by atoms with Crippen molar-refractivity contribution in [1.82, 2.24) is 0 Å². The second-order valence-corrected chi connectivity index (χ2v) is 1.73. The van der Waals surface area contributed by atoms with Crippen LogP contribution in [0, 0.1) is 13.8 Å². The predicted molar refractivity (Wildman–Crippen MR) is 46.7 cm³/mol. The molecule has 0 heterocycles. The molecule has 0 radical (unpaired) electrons. The Morgan fingerprint density at radius 3 is 1.90 bits per heavy atom. The van der Waals surface area contributed by atoms with Crippen LogP contribution in [0.4, 0.5) is 0 Å². The van der Waals surface area contributed by atoms with E-state index in [1.807, 2.05) is 0 Å². The number of carbonyl (C=O) groups is 1. The van der Waals surface area contributed by atoms with Crippen molar-refractivity contribution >= 4 is 29.3 Å². The first kappa shape index (κ1) is 16.7. The fraction of sp³-hybridized carbons (Fsp3) is 0.625. The van der Waals surface area contributed by atoms with Gasteiger partial charge in [0, 0.05) is 0 Å². The summed E-state index contributed by atoms with van der Waals surface area (Å²) in [6.07, 6.45) is 5.57. The zero-order valence-corrected chi connectivity index (χ0v) is 8.35. The van der Waals surface area contributed by atoms with E-state index in [-0.39, 0.29) is 23.1 Å². The van der Waals surface area contributed by atoms with E-state index in [1.165, 1.54) is 19.3 Å². The Morgan fingerprint density at radius 2 is 1.80 bits per heavy atom. The molecule has 0 spiro atoms. The number of aldehydes is 1. The topological polar surface area (TPSA) is 17.1 Å². The van der Waals surface area contributed by atoms with E-state index in [0.717, 1.165) is 6.42 Å². The molecule has 0 N–H and O–H groups in total. The van der Waals surface area contributed by atoms with Crippen molar-refractivity contribution in [2.24, 2.45) is 0 Å². The van der Waals surface area contributed by atoms with Gasteiger partial charge in [0.15, 0.2) is 0 Å². The number of rotatable bonds is 3. The molecule has 0 aliphatic carbocycles. The second kappa shape index (κ2) is 22.8. The van der Waals surface area contributed by atoms with Crippen LogP contribution in [-0.4, -0.2) is 29.3 Å². The maximum atomic E-state index is 8.69. The first-order valence-electron chi connectivity index (χ1n) is 3.35. The minimum atomic E-state index is 0. The Morgan fingerprint density at radius 1 is 1.40 bits per heavy atom. The summed E-state index contributed by atoms with van der Waals surface area (Å²) >= 11 is 0. The van der Waals surface area contributed by atoms with Gasteiger partial charge >= 0.3 is 23.1 Å². The van der Waals surface area contributed by atoms with Crippen molar-refractivity contribution in [3.63, 3.8) is 0 Å². The van der Waals surface area contributed by atoms with E-state index >= 15 is 0 Å². The standard InChI is InChI=1S/C6H13.C2H3O.Mg/c1-3-5-6-4-2;1-2-3;/h1,3-6H2,2H3;2H,1H2;/q2*-1;+2. The van der Waals surface area contributed by atoms with Crippen LogP contribution in [0.1, 0.15) is 32.6 Å². The minimum Gasteiger partial charge on any atom is -0.343 e. The van der Waals surface area contributed by atoms with Crippen LogP contribution in [0.5, 0.6) is 0 Å². The normalized spacial score (nSPS) is 6.60. The van der Waals surface area contributed by atoms with Crippen LogP contribution in [0.25, 0.3) is 0 Å². The molecule has 1 nitrogen and oxygen atoms in total. The molecule has 0 aliphatic heterocycles. The van der Waals surface area contributed by atoms with Gasteiger partial charge in [-0.1, -0.05) is 26.2 Å². The molecule has 10 heavy (non-hydrogen) atoms. The zero-order chi connectivity index (χ0) is 7.54. The van der Waals surface area contributed by atoms with E-state index in [1.54, 1.807) is 0 Å². The molecule has 0 amide bonds. The van der Waals surface area contributed by atoms with Gasteiger partial charge in [-0.05, 0) is 6.29 Å². The Labute approximate surface area is 80.7 Å². The van der Waals surface area contributed by atoms with Gasteiger partial charge in [-0.15, -0.1) is 0 Å². The van der Waals surface area contributed by atoms with Crippen molar-refractivity contribution in [2.45, 2.75) is 32.6 Å². The van der Waals surface area contributed by atoms with Crippen molar-refractivity contribution in [2.75, 3.05) is 0 Å². The molecule has 0 unspecified atom stereocenters. The average molecular weight is 153 g/mol. The molecule has 2 heteroatoms. The van der Waals surface area contributed by atoms with Crippen LogP contribution >= 0.6 is 0 Å². The Bertz CT molecular complexity index is 42.5. The summed E-state index contributed by atoms with van der Waals surface area (Å²) in [5.41, 5.74) is 0. The molecule has 0 saturated heterocycles. The third-order valence-electron chi connectivity index (χ3n) is 0.854. The third kappa shape index (κ3) is 40.6. The van der Waals surface area contributed by atoms with Gasteiger partial charge in [0.25, 0.3) is 0 Å². The Hall–Kier alpha value is 0.306. The third-order valence-corrected chi connectivity index (χ3v) is 0.854. The quantitative estimate of drug-likeness (QED) is 0.262. The van der Waals surface area contributed by atoms with Gasteiger partial charge in [-0.25, -0.2) is 0 Å². The molecule has 0 rings (SSSR count). The summed E-state index contributed by atoms with van der Waals surface area (Å²) < 4.78 is 0. The van der Waals surface area contributed by atoms with Gasteiger partial charge in [-0.3, -0.25) is 0 Å². The second-order valence-electron chi connectivity index (χ2n) is 1.73. The molecule has 0 aromatic rings. The van der Waals surface area contributed by atoms with Gasteiger partial charge < -0.3 is 18.6 Å². The van der Waals surface area contributed by atoms with E-state index in [2.05, 4.69) is 20.8 Å². The van der Waals surface area contributed by atoms with E-state index in [0.29, 0.717) is 6.29 Å². The molecular weight excluding hydrogens is 136 g/mol. The van der Waals surface area contributed by atoms with Crippen molar-refractivity contribution in [3.05, 3.63) is 13.8 Å². The molecule has 0 aliphatic rings. The largest absolute Gasteiger partial charge is 2.00 e. The Balaban J connectivity index is -0.000000107. The number of carbonyl (C=O) groups excluding carboxylic acids is 1. The fourth-order valence-corrected chi connectivity index (χ4v) is 0.427. The number of unbranched alkanes of at least 4 members (excludes halogenated alkanes) is 3. The van der Waals surface area contributed by atoms with E-state index in [4.69, 9.17) is 4.79 Å². The maximum Gasteiger partial charge on any atom is 2.00 e. The number of hydrogen-bond donors (Lipinski definition) is 0. The fourth-order valence-electron chi connectivity index (χ4n) is 0.427. The summed E-state index contributed by atoms with van der Waals surface area (Å²) in [5.74, 6) is 0. The monoisotopic (exact) mass is 152 g/mol. The first-order valence-corrected chi connectivity index (χ1v) is 3.35. The maximum absolute atomic E-state index is 8.69. The molecule has 56 valence electrons. The summed E-state index contributed by atoms with van der Waals surface area (Å²) in [5, 5.41) is 0. The minimum absolute atomic E-state index is 0. The summed E-state index contributed by atoms with van der Waals surface area (Å²) in [7, 11) is 0. The average Bonchev–Trinajstić information content (AvgIpc) is 1.86. The zero-order valence-electron chi connectivity index (χ0n) is 6.94. The molecule has 0 atom stereocenters. The molecule has 0 bridgehead atoms. The first-order chi connectivity index (χ1) is 4.33. The SMILES string of the molecule is [CH2-]C=O.[CH2-]CCCCC.[Mg+2]. The van der Waals surface area contributed by atoms with Crippen LogP contribution in [0.15, 0.2) is 0 Å². The molecule has 0 aromatic heterocycles. The van der Waals surface area contributed by atoms with Gasteiger partial charge in [0.2, 0.25) is 0 Å².